The van der Waals surface area contributed by atoms with Crippen LogP contribution in [-0.2, 0) is 6.54 Å². The second kappa shape index (κ2) is 6.95. The monoisotopic (exact) mass is 261 g/mol. The van der Waals surface area contributed by atoms with Gasteiger partial charge >= 0.3 is 0 Å². The summed E-state index contributed by atoms with van der Waals surface area (Å²) in [6, 6.07) is 9.26. The van der Waals surface area contributed by atoms with Crippen LogP contribution in [0.25, 0.3) is 0 Å². The Morgan fingerprint density at radius 3 is 2.58 bits per heavy atom. The number of benzene rings is 1. The van der Waals surface area contributed by atoms with Crippen LogP contribution in [0, 0.1) is 11.8 Å². The zero-order valence-corrected chi connectivity index (χ0v) is 12.5. The topological polar surface area (TPSA) is 21.3 Å². The van der Waals surface area contributed by atoms with E-state index in [1.807, 2.05) is 0 Å². The zero-order valence-electron chi connectivity index (χ0n) is 12.5. The molecule has 19 heavy (non-hydrogen) atoms. The summed E-state index contributed by atoms with van der Waals surface area (Å²) >= 11 is 0. The Bertz CT molecular complexity index is 371. The molecule has 1 fully saturated rings. The van der Waals surface area contributed by atoms with E-state index in [0.717, 1.165) is 37.3 Å². The van der Waals surface area contributed by atoms with Crippen LogP contribution >= 0.6 is 0 Å². The van der Waals surface area contributed by atoms with Crippen molar-refractivity contribution in [1.29, 1.82) is 0 Å². The number of nitrogens with one attached hydrogen (secondary N) is 1. The lowest BCUT2D eigenvalue weighted by molar-refractivity contribution is 0.289. The molecule has 0 radical (unpaired) electrons. The van der Waals surface area contributed by atoms with Gasteiger partial charge in [-0.1, -0.05) is 39.3 Å². The van der Waals surface area contributed by atoms with Gasteiger partial charge in [-0.05, 0) is 42.4 Å². The largest absolute Gasteiger partial charge is 0.494 e. The van der Waals surface area contributed by atoms with Gasteiger partial charge in [-0.3, -0.25) is 0 Å². The van der Waals surface area contributed by atoms with Crippen molar-refractivity contribution in [2.45, 2.75) is 52.6 Å². The smallest absolute Gasteiger partial charge is 0.119 e. The molecule has 0 spiro atoms. The molecule has 1 aromatic carbocycles. The van der Waals surface area contributed by atoms with E-state index >= 15 is 0 Å². The minimum Gasteiger partial charge on any atom is -0.494 e. The normalized spacial score (nSPS) is 21.7. The molecular formula is C17H27NO. The highest BCUT2D eigenvalue weighted by Crippen LogP contribution is 2.33. The Morgan fingerprint density at radius 1 is 1.26 bits per heavy atom. The molecule has 2 rings (SSSR count). The number of ether oxygens (including phenoxy) is 1. The first kappa shape index (κ1) is 14.4. The van der Waals surface area contributed by atoms with Gasteiger partial charge in [-0.25, -0.2) is 0 Å². The molecule has 0 amide bonds. The Morgan fingerprint density at radius 2 is 2.00 bits per heavy atom. The van der Waals surface area contributed by atoms with E-state index in [1.54, 1.807) is 0 Å². The highest BCUT2D eigenvalue weighted by Gasteiger charge is 2.34. The zero-order chi connectivity index (χ0) is 13.7. The van der Waals surface area contributed by atoms with Crippen molar-refractivity contribution < 1.29 is 4.74 Å². The Labute approximate surface area is 117 Å². The highest BCUT2D eigenvalue weighted by molar-refractivity contribution is 5.27. The lowest BCUT2D eigenvalue weighted by Crippen LogP contribution is -2.17. The fraction of sp³-hybridized carbons (Fsp3) is 0.647. The van der Waals surface area contributed by atoms with E-state index in [1.165, 1.54) is 18.4 Å². The van der Waals surface area contributed by atoms with E-state index in [9.17, 15) is 0 Å². The molecule has 2 nitrogen and oxygen atoms in total. The predicted octanol–water partition coefficient (Wildman–Crippen LogP) is 4.00. The van der Waals surface area contributed by atoms with Crippen molar-refractivity contribution in [2.75, 3.05) is 6.61 Å². The van der Waals surface area contributed by atoms with Gasteiger partial charge < -0.3 is 10.1 Å². The molecule has 1 aliphatic rings. The lowest BCUT2D eigenvalue weighted by Gasteiger charge is -2.09. The van der Waals surface area contributed by atoms with Gasteiger partial charge in [0.25, 0.3) is 0 Å². The molecule has 0 aromatic heterocycles. The average Bonchev–Trinajstić information content (AvgIpc) is 3.16. The van der Waals surface area contributed by atoms with Gasteiger partial charge in [-0.2, -0.15) is 0 Å². The van der Waals surface area contributed by atoms with Gasteiger partial charge in [0.15, 0.2) is 0 Å². The minimum absolute atomic E-state index is 0.702. The first-order valence-electron chi connectivity index (χ1n) is 7.64. The van der Waals surface area contributed by atoms with Gasteiger partial charge in [0, 0.05) is 12.6 Å². The summed E-state index contributed by atoms with van der Waals surface area (Å²) in [5, 5.41) is 3.61. The van der Waals surface area contributed by atoms with Crippen molar-refractivity contribution in [3.8, 4) is 5.75 Å². The molecule has 1 saturated carbocycles. The van der Waals surface area contributed by atoms with Crippen LogP contribution in [0.1, 0.15) is 45.6 Å². The van der Waals surface area contributed by atoms with E-state index in [2.05, 4.69) is 50.4 Å². The number of hydrogen-bond acceptors (Lipinski definition) is 2. The summed E-state index contributed by atoms with van der Waals surface area (Å²) in [7, 11) is 0. The van der Waals surface area contributed by atoms with Crippen LogP contribution in [0.15, 0.2) is 24.3 Å². The van der Waals surface area contributed by atoms with E-state index in [4.69, 9.17) is 4.74 Å². The molecule has 0 saturated heterocycles. The van der Waals surface area contributed by atoms with Crippen LogP contribution < -0.4 is 10.1 Å². The van der Waals surface area contributed by atoms with Gasteiger partial charge in [0.05, 0.1) is 6.61 Å². The Kier molecular flexibility index (Phi) is 5.26. The number of hydrogen-bond donors (Lipinski definition) is 1. The molecule has 1 N–H and O–H groups in total. The number of rotatable bonds is 8. The van der Waals surface area contributed by atoms with E-state index in [0.29, 0.717) is 5.92 Å². The molecule has 1 aromatic rings. The van der Waals surface area contributed by atoms with E-state index in [-0.39, 0.29) is 0 Å². The molecule has 2 atom stereocenters. The first-order valence-corrected chi connectivity index (χ1v) is 7.64. The van der Waals surface area contributed by atoms with E-state index < -0.39 is 0 Å². The summed E-state index contributed by atoms with van der Waals surface area (Å²) in [4.78, 5) is 0. The van der Waals surface area contributed by atoms with Gasteiger partial charge in [0.1, 0.15) is 5.75 Å². The van der Waals surface area contributed by atoms with Crippen LogP contribution in [0.2, 0.25) is 0 Å². The fourth-order valence-corrected chi connectivity index (χ4v) is 2.31. The van der Waals surface area contributed by atoms with Gasteiger partial charge in [0.2, 0.25) is 0 Å². The van der Waals surface area contributed by atoms with Crippen molar-refractivity contribution in [1.82, 2.24) is 5.32 Å². The quantitative estimate of drug-likeness (QED) is 0.763. The highest BCUT2D eigenvalue weighted by atomic mass is 16.5. The fourth-order valence-electron chi connectivity index (χ4n) is 2.31. The summed E-state index contributed by atoms with van der Waals surface area (Å²) in [6.45, 7) is 8.51. The average molecular weight is 261 g/mol. The summed E-state index contributed by atoms with van der Waals surface area (Å²) < 4.78 is 5.72. The van der Waals surface area contributed by atoms with Crippen molar-refractivity contribution in [2.24, 2.45) is 11.8 Å². The second-order valence-corrected chi connectivity index (χ2v) is 6.07. The van der Waals surface area contributed by atoms with Crippen molar-refractivity contribution in [3.05, 3.63) is 29.8 Å². The molecule has 106 valence electrons. The lowest BCUT2D eigenvalue weighted by atomic mass is 10.1. The van der Waals surface area contributed by atoms with Crippen LogP contribution in [-0.4, -0.2) is 12.6 Å². The van der Waals surface area contributed by atoms with Crippen LogP contribution in [0.4, 0.5) is 0 Å². The maximum atomic E-state index is 5.72. The standard InChI is InChI=1S/C17H27NO/c1-4-15-11-17(15)18-12-14-5-7-16(8-6-14)19-10-9-13(2)3/h5-8,13,15,17-18H,4,9-12H2,1-3H3. The second-order valence-electron chi connectivity index (χ2n) is 6.07. The predicted molar refractivity (Wildman–Crippen MR) is 80.4 cm³/mol. The van der Waals surface area contributed by atoms with Crippen LogP contribution in [0.5, 0.6) is 5.75 Å². The molecule has 2 unspecified atom stereocenters. The molecule has 0 bridgehead atoms. The third-order valence-electron chi connectivity index (χ3n) is 3.90. The van der Waals surface area contributed by atoms with Crippen molar-refractivity contribution in [3.63, 3.8) is 0 Å². The molecule has 1 aliphatic carbocycles. The third kappa shape index (κ3) is 4.87. The Balaban J connectivity index is 1.69. The Hall–Kier alpha value is -1.02. The molecule has 0 heterocycles. The minimum atomic E-state index is 0.702. The maximum Gasteiger partial charge on any atom is 0.119 e. The molecule has 0 aliphatic heterocycles. The van der Waals surface area contributed by atoms with Crippen molar-refractivity contribution >= 4 is 0 Å². The van der Waals surface area contributed by atoms with Crippen LogP contribution in [0.3, 0.4) is 0 Å². The first-order chi connectivity index (χ1) is 9.19. The van der Waals surface area contributed by atoms with Gasteiger partial charge in [-0.15, -0.1) is 0 Å². The maximum absolute atomic E-state index is 5.72. The summed E-state index contributed by atoms with van der Waals surface area (Å²) in [6.07, 6.45) is 3.77. The molecule has 2 heteroatoms. The molecular weight excluding hydrogens is 234 g/mol. The summed E-state index contributed by atoms with van der Waals surface area (Å²) in [5.41, 5.74) is 1.35. The summed E-state index contributed by atoms with van der Waals surface area (Å²) in [5.74, 6) is 2.61. The SMILES string of the molecule is CCC1CC1NCc1ccc(OCCC(C)C)cc1. The third-order valence-corrected chi connectivity index (χ3v) is 3.90.